The Morgan fingerprint density at radius 1 is 1.40 bits per heavy atom. The maximum Gasteiger partial charge on any atom is 0.338 e. The molecule has 0 heterocycles. The van der Waals surface area contributed by atoms with Gasteiger partial charge in [0.25, 0.3) is 0 Å². The van der Waals surface area contributed by atoms with Crippen molar-refractivity contribution >= 4 is 5.97 Å². The molecule has 0 amide bonds. The third-order valence-electron chi connectivity index (χ3n) is 2.11. The van der Waals surface area contributed by atoms with Gasteiger partial charge >= 0.3 is 5.97 Å². The zero-order valence-electron chi connectivity index (χ0n) is 9.06. The lowest BCUT2D eigenvalue weighted by Gasteiger charge is -2.20. The number of carbonyl (C=O) groups excluding carboxylic acids is 1. The Morgan fingerprint density at radius 3 is 2.53 bits per heavy atom. The minimum absolute atomic E-state index is 0.271. The van der Waals surface area contributed by atoms with Crippen molar-refractivity contribution in [1.29, 1.82) is 0 Å². The average molecular weight is 208 g/mol. The van der Waals surface area contributed by atoms with Crippen molar-refractivity contribution in [2.45, 2.75) is 25.9 Å². The van der Waals surface area contributed by atoms with Gasteiger partial charge < -0.3 is 9.84 Å². The van der Waals surface area contributed by atoms with Crippen molar-refractivity contribution in [2.75, 3.05) is 6.61 Å². The number of esters is 1. The van der Waals surface area contributed by atoms with E-state index in [2.05, 4.69) is 0 Å². The number of ether oxygens (including phenoxy) is 1. The minimum atomic E-state index is -1.45. The molecule has 0 fully saturated rings. The van der Waals surface area contributed by atoms with Gasteiger partial charge in [-0.15, -0.1) is 0 Å². The molecule has 0 aliphatic rings. The summed E-state index contributed by atoms with van der Waals surface area (Å²) in [5.74, 6) is -0.575. The molecular weight excluding hydrogens is 192 g/mol. The van der Waals surface area contributed by atoms with Gasteiger partial charge in [-0.3, -0.25) is 0 Å². The van der Waals surface area contributed by atoms with E-state index in [1.54, 1.807) is 6.92 Å². The van der Waals surface area contributed by atoms with E-state index in [0.717, 1.165) is 5.56 Å². The Hall–Kier alpha value is -1.35. The molecule has 82 valence electrons. The van der Waals surface area contributed by atoms with Crippen LogP contribution in [0, 0.1) is 0 Å². The molecule has 0 saturated heterocycles. The Kier molecular flexibility index (Phi) is 3.86. The summed E-state index contributed by atoms with van der Waals surface area (Å²) >= 11 is 0. The van der Waals surface area contributed by atoms with Crippen LogP contribution < -0.4 is 0 Å². The third kappa shape index (κ3) is 3.36. The van der Waals surface area contributed by atoms with E-state index in [1.807, 2.05) is 30.3 Å². The summed E-state index contributed by atoms with van der Waals surface area (Å²) in [4.78, 5) is 11.4. The second-order valence-corrected chi connectivity index (χ2v) is 3.66. The highest BCUT2D eigenvalue weighted by molar-refractivity contribution is 5.79. The molecule has 0 unspecified atom stereocenters. The molecule has 0 aliphatic heterocycles. The van der Waals surface area contributed by atoms with Crippen molar-refractivity contribution in [3.05, 3.63) is 35.9 Å². The van der Waals surface area contributed by atoms with Crippen LogP contribution in [-0.2, 0) is 16.0 Å². The van der Waals surface area contributed by atoms with Crippen molar-refractivity contribution in [2.24, 2.45) is 0 Å². The lowest BCUT2D eigenvalue weighted by Crippen LogP contribution is -2.39. The molecule has 1 rings (SSSR count). The molecule has 15 heavy (non-hydrogen) atoms. The van der Waals surface area contributed by atoms with Gasteiger partial charge in [-0.05, 0) is 19.4 Å². The van der Waals surface area contributed by atoms with E-state index in [0.29, 0.717) is 0 Å². The van der Waals surface area contributed by atoms with Crippen LogP contribution in [0.3, 0.4) is 0 Å². The molecule has 1 atom stereocenters. The Bertz CT molecular complexity index is 317. The molecule has 0 saturated carbocycles. The number of hydrogen-bond donors (Lipinski definition) is 1. The highest BCUT2D eigenvalue weighted by atomic mass is 16.5. The normalized spacial score (nSPS) is 14.3. The first-order valence-corrected chi connectivity index (χ1v) is 5.00. The largest absolute Gasteiger partial charge is 0.464 e. The van der Waals surface area contributed by atoms with Crippen molar-refractivity contribution in [3.8, 4) is 0 Å². The van der Waals surface area contributed by atoms with Gasteiger partial charge in [0.1, 0.15) is 0 Å². The molecule has 1 aromatic carbocycles. The zero-order chi connectivity index (χ0) is 11.3. The number of aliphatic hydroxyl groups is 1. The van der Waals surface area contributed by atoms with Crippen molar-refractivity contribution < 1.29 is 14.6 Å². The number of benzene rings is 1. The van der Waals surface area contributed by atoms with Gasteiger partial charge in [0.2, 0.25) is 0 Å². The van der Waals surface area contributed by atoms with Gasteiger partial charge in [-0.2, -0.15) is 0 Å². The fourth-order valence-corrected chi connectivity index (χ4v) is 1.35. The van der Waals surface area contributed by atoms with Crippen LogP contribution in [-0.4, -0.2) is 23.3 Å². The summed E-state index contributed by atoms with van der Waals surface area (Å²) in [5, 5.41) is 9.89. The van der Waals surface area contributed by atoms with Gasteiger partial charge in [0.05, 0.1) is 6.61 Å². The standard InChI is InChI=1S/C12H16O3/c1-3-15-11(13)12(2,14)9-10-7-5-4-6-8-10/h4-8,14H,3,9H2,1-2H3/t12-/m0/s1. The van der Waals surface area contributed by atoms with E-state index in [1.165, 1.54) is 6.92 Å². The zero-order valence-corrected chi connectivity index (χ0v) is 9.06. The molecule has 3 heteroatoms. The average Bonchev–Trinajstić information content (AvgIpc) is 2.19. The summed E-state index contributed by atoms with van der Waals surface area (Å²) < 4.78 is 4.79. The molecule has 0 aliphatic carbocycles. The number of hydrogen-bond acceptors (Lipinski definition) is 3. The molecule has 0 bridgehead atoms. The molecule has 0 radical (unpaired) electrons. The molecular formula is C12H16O3. The smallest absolute Gasteiger partial charge is 0.338 e. The first-order valence-electron chi connectivity index (χ1n) is 5.00. The second-order valence-electron chi connectivity index (χ2n) is 3.66. The molecule has 1 N–H and O–H groups in total. The third-order valence-corrected chi connectivity index (χ3v) is 2.11. The first kappa shape index (κ1) is 11.7. The van der Waals surface area contributed by atoms with Crippen LogP contribution in [0.5, 0.6) is 0 Å². The van der Waals surface area contributed by atoms with Crippen LogP contribution >= 0.6 is 0 Å². The summed E-state index contributed by atoms with van der Waals surface area (Å²) in [6.45, 7) is 3.47. The molecule has 0 spiro atoms. The lowest BCUT2D eigenvalue weighted by atomic mass is 9.97. The summed E-state index contributed by atoms with van der Waals surface area (Å²) in [6, 6.07) is 9.37. The highest BCUT2D eigenvalue weighted by Gasteiger charge is 2.31. The summed E-state index contributed by atoms with van der Waals surface area (Å²) in [7, 11) is 0. The number of carbonyl (C=O) groups is 1. The molecule has 0 aromatic heterocycles. The topological polar surface area (TPSA) is 46.5 Å². The molecule has 1 aromatic rings. The predicted octanol–water partition coefficient (Wildman–Crippen LogP) is 1.54. The second kappa shape index (κ2) is 4.94. The van der Waals surface area contributed by atoms with E-state index in [9.17, 15) is 9.90 Å². The van der Waals surface area contributed by atoms with E-state index >= 15 is 0 Å². The lowest BCUT2D eigenvalue weighted by molar-refractivity contribution is -0.162. The minimum Gasteiger partial charge on any atom is -0.464 e. The van der Waals surface area contributed by atoms with Crippen molar-refractivity contribution in [1.82, 2.24) is 0 Å². The van der Waals surface area contributed by atoms with Crippen LogP contribution in [0.25, 0.3) is 0 Å². The van der Waals surface area contributed by atoms with Gasteiger partial charge in [-0.25, -0.2) is 4.79 Å². The Morgan fingerprint density at radius 2 is 2.00 bits per heavy atom. The van der Waals surface area contributed by atoms with Crippen LogP contribution in [0.4, 0.5) is 0 Å². The van der Waals surface area contributed by atoms with Crippen LogP contribution in [0.1, 0.15) is 19.4 Å². The predicted molar refractivity (Wildman–Crippen MR) is 57.4 cm³/mol. The fraction of sp³-hybridized carbons (Fsp3) is 0.417. The Labute approximate surface area is 89.7 Å². The monoisotopic (exact) mass is 208 g/mol. The van der Waals surface area contributed by atoms with E-state index in [-0.39, 0.29) is 13.0 Å². The van der Waals surface area contributed by atoms with E-state index in [4.69, 9.17) is 4.74 Å². The van der Waals surface area contributed by atoms with Gasteiger partial charge in [0, 0.05) is 6.42 Å². The maximum atomic E-state index is 11.4. The fourth-order valence-electron chi connectivity index (χ4n) is 1.35. The van der Waals surface area contributed by atoms with E-state index < -0.39 is 11.6 Å². The quantitative estimate of drug-likeness (QED) is 0.763. The maximum absolute atomic E-state index is 11.4. The SMILES string of the molecule is CCOC(=O)[C@@](C)(O)Cc1ccccc1. The molecule has 3 nitrogen and oxygen atoms in total. The van der Waals surface area contributed by atoms with Crippen molar-refractivity contribution in [3.63, 3.8) is 0 Å². The summed E-state index contributed by atoms with van der Waals surface area (Å²) in [6.07, 6.45) is 0.271. The first-order chi connectivity index (χ1) is 7.06. The summed E-state index contributed by atoms with van der Waals surface area (Å²) in [5.41, 5.74) is -0.535. The highest BCUT2D eigenvalue weighted by Crippen LogP contribution is 2.14. The van der Waals surface area contributed by atoms with Gasteiger partial charge in [0.15, 0.2) is 5.60 Å². The Balaban J connectivity index is 2.68. The van der Waals surface area contributed by atoms with Crippen LogP contribution in [0.2, 0.25) is 0 Å². The van der Waals surface area contributed by atoms with Gasteiger partial charge in [-0.1, -0.05) is 30.3 Å². The number of rotatable bonds is 4. The van der Waals surface area contributed by atoms with Crippen LogP contribution in [0.15, 0.2) is 30.3 Å².